The van der Waals surface area contributed by atoms with E-state index in [0.29, 0.717) is 10.5 Å². The molecule has 0 fully saturated rings. The van der Waals surface area contributed by atoms with Crippen LogP contribution in [0.4, 0.5) is 5.69 Å². The van der Waals surface area contributed by atoms with Crippen molar-refractivity contribution in [3.63, 3.8) is 0 Å². The molecule has 28 heavy (non-hydrogen) atoms. The van der Waals surface area contributed by atoms with Gasteiger partial charge in [-0.25, -0.2) is 0 Å². The Morgan fingerprint density at radius 2 is 1.96 bits per heavy atom. The van der Waals surface area contributed by atoms with Gasteiger partial charge in [-0.2, -0.15) is 0 Å². The number of nitrogens with zero attached hydrogens (tertiary/aromatic N) is 1. The molecule has 0 saturated heterocycles. The fraction of sp³-hybridized carbons (Fsp3) is 0.273. The lowest BCUT2D eigenvalue weighted by atomic mass is 10.1. The molecule has 1 atom stereocenters. The highest BCUT2D eigenvalue weighted by molar-refractivity contribution is 8.04. The smallest absolute Gasteiger partial charge is 0.264 e. The summed E-state index contributed by atoms with van der Waals surface area (Å²) in [4.78, 5) is 28.4. The van der Waals surface area contributed by atoms with E-state index < -0.39 is 0 Å². The Kier molecular flexibility index (Phi) is 6.09. The van der Waals surface area contributed by atoms with Crippen LogP contribution in [0.2, 0.25) is 0 Å². The van der Waals surface area contributed by atoms with E-state index in [0.717, 1.165) is 28.3 Å². The van der Waals surface area contributed by atoms with Crippen LogP contribution in [0.5, 0.6) is 5.75 Å². The zero-order chi connectivity index (χ0) is 20.3. The minimum Gasteiger partial charge on any atom is -0.497 e. The van der Waals surface area contributed by atoms with E-state index in [4.69, 9.17) is 4.74 Å². The van der Waals surface area contributed by atoms with Crippen LogP contribution < -0.4 is 15.0 Å². The first kappa shape index (κ1) is 20.0. The first-order chi connectivity index (χ1) is 13.4. The lowest BCUT2D eigenvalue weighted by molar-refractivity contribution is -0.114. The average molecular weight is 397 g/mol. The number of hydrogen-bond acceptors (Lipinski definition) is 4. The van der Waals surface area contributed by atoms with Gasteiger partial charge in [-0.05, 0) is 55.3 Å². The van der Waals surface area contributed by atoms with Gasteiger partial charge in [-0.15, -0.1) is 0 Å². The number of anilines is 1. The molecule has 146 valence electrons. The summed E-state index contributed by atoms with van der Waals surface area (Å²) in [6.07, 6.45) is 2.74. The summed E-state index contributed by atoms with van der Waals surface area (Å²) < 4.78 is 5.17. The van der Waals surface area contributed by atoms with Gasteiger partial charge in [0.1, 0.15) is 5.75 Å². The largest absolute Gasteiger partial charge is 0.497 e. The molecule has 0 bridgehead atoms. The number of fused-ring (bicyclic) bond motifs is 1. The Labute approximate surface area is 169 Å². The van der Waals surface area contributed by atoms with Crippen LogP contribution >= 0.6 is 11.8 Å². The van der Waals surface area contributed by atoms with Crippen LogP contribution in [0.3, 0.4) is 0 Å². The normalized spacial score (nSPS) is 15.9. The molecule has 1 heterocycles. The molecule has 6 heteroatoms. The number of benzene rings is 2. The second kappa shape index (κ2) is 8.52. The molecule has 1 N–H and O–H groups in total. The minimum absolute atomic E-state index is 0.0900. The van der Waals surface area contributed by atoms with E-state index in [2.05, 4.69) is 5.32 Å². The van der Waals surface area contributed by atoms with Crippen molar-refractivity contribution in [2.75, 3.05) is 19.1 Å². The van der Waals surface area contributed by atoms with Crippen LogP contribution in [0.1, 0.15) is 36.2 Å². The molecule has 0 aliphatic carbocycles. The second-order valence-electron chi connectivity index (χ2n) is 6.71. The molecule has 2 aromatic rings. The number of hydrogen-bond donors (Lipinski definition) is 1. The first-order valence-corrected chi connectivity index (χ1v) is 10.0. The summed E-state index contributed by atoms with van der Waals surface area (Å²) >= 11 is 1.42. The Balaban J connectivity index is 1.87. The van der Waals surface area contributed by atoms with E-state index in [1.165, 1.54) is 11.8 Å². The topological polar surface area (TPSA) is 58.6 Å². The molecule has 5 nitrogen and oxygen atoms in total. The molecule has 2 amide bonds. The van der Waals surface area contributed by atoms with Crippen molar-refractivity contribution in [1.29, 1.82) is 0 Å². The van der Waals surface area contributed by atoms with Crippen molar-refractivity contribution < 1.29 is 14.3 Å². The zero-order valence-corrected chi connectivity index (χ0v) is 17.3. The highest BCUT2D eigenvalue weighted by Gasteiger charge is 2.27. The van der Waals surface area contributed by atoms with Crippen molar-refractivity contribution in [3.8, 4) is 5.75 Å². The lowest BCUT2D eigenvalue weighted by Gasteiger charge is -2.27. The lowest BCUT2D eigenvalue weighted by Crippen LogP contribution is -2.33. The van der Waals surface area contributed by atoms with Crippen molar-refractivity contribution in [2.45, 2.75) is 31.2 Å². The average Bonchev–Trinajstić information content (AvgIpc) is 2.72. The van der Waals surface area contributed by atoms with Crippen molar-refractivity contribution >= 4 is 35.3 Å². The number of likely N-dealkylation sites (N-methyl/N-ethyl adjacent to an activating group) is 1. The van der Waals surface area contributed by atoms with Crippen molar-refractivity contribution in [2.24, 2.45) is 0 Å². The molecular weight excluding hydrogens is 372 g/mol. The Hall–Kier alpha value is -2.73. The van der Waals surface area contributed by atoms with Gasteiger partial charge in [0, 0.05) is 23.5 Å². The number of rotatable bonds is 5. The maximum atomic E-state index is 12.8. The SMILES string of the molecule is CC[C@H](C)NC(=O)c1ccc2c(c1)N(C)C(=O)/C(=C/c1ccc(OC)cc1)S2. The zero-order valence-electron chi connectivity index (χ0n) is 16.5. The molecular formula is C22H24N2O3S. The van der Waals surface area contributed by atoms with E-state index >= 15 is 0 Å². The van der Waals surface area contributed by atoms with Crippen LogP contribution in [-0.4, -0.2) is 32.0 Å². The van der Waals surface area contributed by atoms with Gasteiger partial charge in [-0.3, -0.25) is 9.59 Å². The highest BCUT2D eigenvalue weighted by Crippen LogP contribution is 2.42. The van der Waals surface area contributed by atoms with Crippen molar-refractivity contribution in [3.05, 3.63) is 58.5 Å². The van der Waals surface area contributed by atoms with E-state index in [-0.39, 0.29) is 17.9 Å². The van der Waals surface area contributed by atoms with Gasteiger partial charge in [0.25, 0.3) is 11.8 Å². The number of nitrogens with one attached hydrogen (secondary N) is 1. The molecule has 0 radical (unpaired) electrons. The van der Waals surface area contributed by atoms with Gasteiger partial charge in [-0.1, -0.05) is 30.8 Å². The summed E-state index contributed by atoms with van der Waals surface area (Å²) in [5, 5.41) is 2.96. The third kappa shape index (κ3) is 4.22. The molecule has 1 aliphatic rings. The Morgan fingerprint density at radius 1 is 1.25 bits per heavy atom. The fourth-order valence-corrected chi connectivity index (χ4v) is 3.89. The van der Waals surface area contributed by atoms with E-state index in [9.17, 15) is 9.59 Å². The number of ether oxygens (including phenoxy) is 1. The molecule has 3 rings (SSSR count). The minimum atomic E-state index is -0.123. The molecule has 0 unspecified atom stereocenters. The van der Waals surface area contributed by atoms with E-state index in [1.54, 1.807) is 31.2 Å². The predicted octanol–water partition coefficient (Wildman–Crippen LogP) is 4.33. The quantitative estimate of drug-likeness (QED) is 0.764. The predicted molar refractivity (Wildman–Crippen MR) is 114 cm³/mol. The van der Waals surface area contributed by atoms with Gasteiger partial charge in [0.2, 0.25) is 0 Å². The number of thioether (sulfide) groups is 1. The molecule has 1 aliphatic heterocycles. The third-order valence-electron chi connectivity index (χ3n) is 4.72. The van der Waals surface area contributed by atoms with Crippen LogP contribution in [0.25, 0.3) is 6.08 Å². The van der Waals surface area contributed by atoms with Gasteiger partial charge in [0.05, 0.1) is 17.7 Å². The number of amides is 2. The van der Waals surface area contributed by atoms with E-state index in [1.807, 2.05) is 50.3 Å². The number of carbonyl (C=O) groups excluding carboxylic acids is 2. The highest BCUT2D eigenvalue weighted by atomic mass is 32.2. The summed E-state index contributed by atoms with van der Waals surface area (Å²) in [5.41, 5.74) is 2.23. The van der Waals surface area contributed by atoms with Gasteiger partial charge >= 0.3 is 0 Å². The third-order valence-corrected chi connectivity index (χ3v) is 5.80. The Bertz CT molecular complexity index is 922. The summed E-state index contributed by atoms with van der Waals surface area (Å²) in [7, 11) is 3.36. The molecule has 2 aromatic carbocycles. The van der Waals surface area contributed by atoms with Crippen LogP contribution in [-0.2, 0) is 4.79 Å². The summed E-state index contributed by atoms with van der Waals surface area (Å²) in [5.74, 6) is 0.561. The summed E-state index contributed by atoms with van der Waals surface area (Å²) in [6, 6.07) is 13.1. The maximum absolute atomic E-state index is 12.8. The standard InChI is InChI=1S/C22H24N2O3S/c1-5-14(2)23-21(25)16-8-11-19-18(13-16)24(3)22(26)20(28-19)12-15-6-9-17(27-4)10-7-15/h6-14H,5H2,1-4H3,(H,23,25)/b20-12-/t14-/m0/s1. The second-order valence-corrected chi connectivity index (χ2v) is 7.80. The number of carbonyl (C=O) groups is 2. The summed E-state index contributed by atoms with van der Waals surface area (Å²) in [6.45, 7) is 4.00. The van der Waals surface area contributed by atoms with Gasteiger partial charge < -0.3 is 15.0 Å². The monoisotopic (exact) mass is 396 g/mol. The fourth-order valence-electron chi connectivity index (χ4n) is 2.80. The van der Waals surface area contributed by atoms with Crippen LogP contribution in [0, 0.1) is 0 Å². The van der Waals surface area contributed by atoms with Crippen molar-refractivity contribution in [1.82, 2.24) is 5.32 Å². The first-order valence-electron chi connectivity index (χ1n) is 9.19. The van der Waals surface area contributed by atoms with Gasteiger partial charge in [0.15, 0.2) is 0 Å². The molecule has 0 aromatic heterocycles. The van der Waals surface area contributed by atoms with Crippen LogP contribution in [0.15, 0.2) is 52.3 Å². The number of methoxy groups -OCH3 is 1. The molecule has 0 saturated carbocycles. The Morgan fingerprint density at radius 3 is 2.61 bits per heavy atom. The molecule has 0 spiro atoms. The maximum Gasteiger partial charge on any atom is 0.264 e.